The summed E-state index contributed by atoms with van der Waals surface area (Å²) >= 11 is 0. The molecule has 0 spiro atoms. The van der Waals surface area contributed by atoms with E-state index in [1.165, 1.54) is 5.56 Å². The van der Waals surface area contributed by atoms with Gasteiger partial charge in [0.1, 0.15) is 0 Å². The van der Waals surface area contributed by atoms with E-state index in [9.17, 15) is 4.79 Å². The number of piperazine rings is 1. The lowest BCUT2D eigenvalue weighted by molar-refractivity contribution is -0.142. The number of hydrogen-bond acceptors (Lipinski definition) is 3. The maximum Gasteiger partial charge on any atom is 0.242 e. The molecule has 2 rings (SSSR count). The number of nitrogens with zero attached hydrogens (tertiary/aromatic N) is 2. The molecule has 1 aliphatic rings. The zero-order valence-electron chi connectivity index (χ0n) is 12.7. The molecule has 0 radical (unpaired) electrons. The maximum absolute atomic E-state index is 12.7. The van der Waals surface area contributed by atoms with Crippen LogP contribution in [-0.2, 0) is 11.3 Å². The minimum atomic E-state index is -0.439. The van der Waals surface area contributed by atoms with Crippen LogP contribution in [-0.4, -0.2) is 54.5 Å². The van der Waals surface area contributed by atoms with Crippen molar-refractivity contribution in [2.45, 2.75) is 25.9 Å². The summed E-state index contributed by atoms with van der Waals surface area (Å²) in [4.78, 5) is 16.8. The average Bonchev–Trinajstić information content (AvgIpc) is 2.48. The van der Waals surface area contributed by atoms with Gasteiger partial charge in [-0.05, 0) is 19.4 Å². The minimum Gasteiger partial charge on any atom is -0.340 e. The number of benzene rings is 1. The van der Waals surface area contributed by atoms with Crippen LogP contribution in [0.3, 0.4) is 0 Å². The fourth-order valence-corrected chi connectivity index (χ4v) is 2.76. The van der Waals surface area contributed by atoms with Gasteiger partial charge in [0.05, 0.1) is 5.54 Å². The van der Waals surface area contributed by atoms with Gasteiger partial charge in [0.2, 0.25) is 5.91 Å². The summed E-state index contributed by atoms with van der Waals surface area (Å²) in [6.07, 6.45) is 0. The van der Waals surface area contributed by atoms with Crippen molar-refractivity contribution >= 4 is 5.91 Å². The SMILES string of the molecule is CN(Cc1ccccc1)C(=O)C(C)(C)N1CCNCC1. The number of likely N-dealkylation sites (N-methyl/N-ethyl adjacent to an activating group) is 1. The molecule has 0 saturated carbocycles. The first kappa shape index (κ1) is 15.0. The summed E-state index contributed by atoms with van der Waals surface area (Å²) in [5.41, 5.74) is 0.727. The molecule has 1 aromatic rings. The minimum absolute atomic E-state index is 0.184. The third kappa shape index (κ3) is 3.38. The fraction of sp³-hybridized carbons (Fsp3) is 0.562. The molecule has 1 heterocycles. The van der Waals surface area contributed by atoms with Crippen molar-refractivity contribution in [2.75, 3.05) is 33.2 Å². The van der Waals surface area contributed by atoms with Crippen LogP contribution in [0.5, 0.6) is 0 Å². The summed E-state index contributed by atoms with van der Waals surface area (Å²) < 4.78 is 0. The second-order valence-corrected chi connectivity index (χ2v) is 5.94. The second kappa shape index (κ2) is 6.37. The quantitative estimate of drug-likeness (QED) is 0.900. The molecule has 1 aliphatic heterocycles. The Balaban J connectivity index is 2.01. The van der Waals surface area contributed by atoms with E-state index in [1.807, 2.05) is 44.0 Å². The Morgan fingerprint density at radius 2 is 1.85 bits per heavy atom. The molecular formula is C16H25N3O. The predicted octanol–water partition coefficient (Wildman–Crippen LogP) is 1.33. The summed E-state index contributed by atoms with van der Waals surface area (Å²) in [5, 5.41) is 3.33. The molecule has 0 aliphatic carbocycles. The van der Waals surface area contributed by atoms with Crippen LogP contribution in [0.1, 0.15) is 19.4 Å². The van der Waals surface area contributed by atoms with E-state index in [-0.39, 0.29) is 5.91 Å². The van der Waals surface area contributed by atoms with Crippen LogP contribution in [0.15, 0.2) is 30.3 Å². The van der Waals surface area contributed by atoms with Crippen molar-refractivity contribution in [1.82, 2.24) is 15.1 Å². The molecule has 110 valence electrons. The Hall–Kier alpha value is -1.39. The topological polar surface area (TPSA) is 35.6 Å². The monoisotopic (exact) mass is 275 g/mol. The van der Waals surface area contributed by atoms with Gasteiger partial charge in [0, 0.05) is 39.8 Å². The first-order chi connectivity index (χ1) is 9.51. The summed E-state index contributed by atoms with van der Waals surface area (Å²) in [6, 6.07) is 10.1. The van der Waals surface area contributed by atoms with E-state index in [1.54, 1.807) is 0 Å². The zero-order chi connectivity index (χ0) is 14.6. The molecule has 0 aromatic heterocycles. The van der Waals surface area contributed by atoms with E-state index in [0.29, 0.717) is 6.54 Å². The summed E-state index contributed by atoms with van der Waals surface area (Å²) in [5.74, 6) is 0.184. The molecule has 1 fully saturated rings. The van der Waals surface area contributed by atoms with E-state index >= 15 is 0 Å². The van der Waals surface area contributed by atoms with Gasteiger partial charge in [-0.25, -0.2) is 0 Å². The van der Waals surface area contributed by atoms with Gasteiger partial charge >= 0.3 is 0 Å². The highest BCUT2D eigenvalue weighted by molar-refractivity contribution is 5.85. The van der Waals surface area contributed by atoms with Crippen LogP contribution in [0.4, 0.5) is 0 Å². The van der Waals surface area contributed by atoms with Gasteiger partial charge in [0.15, 0.2) is 0 Å². The lowest BCUT2D eigenvalue weighted by atomic mass is 9.99. The van der Waals surface area contributed by atoms with Crippen LogP contribution >= 0.6 is 0 Å². The Morgan fingerprint density at radius 1 is 1.25 bits per heavy atom. The molecule has 20 heavy (non-hydrogen) atoms. The molecule has 4 heteroatoms. The largest absolute Gasteiger partial charge is 0.340 e. The van der Waals surface area contributed by atoms with Gasteiger partial charge in [-0.1, -0.05) is 30.3 Å². The number of carbonyl (C=O) groups excluding carboxylic acids is 1. The highest BCUT2D eigenvalue weighted by atomic mass is 16.2. The molecule has 1 N–H and O–H groups in total. The molecular weight excluding hydrogens is 250 g/mol. The Kier molecular flexibility index (Phi) is 4.78. The van der Waals surface area contributed by atoms with Crippen molar-refractivity contribution in [2.24, 2.45) is 0 Å². The average molecular weight is 275 g/mol. The van der Waals surface area contributed by atoms with Crippen molar-refractivity contribution in [3.05, 3.63) is 35.9 Å². The van der Waals surface area contributed by atoms with Crippen molar-refractivity contribution in [1.29, 1.82) is 0 Å². The second-order valence-electron chi connectivity index (χ2n) is 5.94. The molecule has 1 saturated heterocycles. The van der Waals surface area contributed by atoms with E-state index < -0.39 is 5.54 Å². The van der Waals surface area contributed by atoms with E-state index in [2.05, 4.69) is 22.3 Å². The van der Waals surface area contributed by atoms with E-state index in [4.69, 9.17) is 0 Å². The molecule has 0 unspecified atom stereocenters. The van der Waals surface area contributed by atoms with Gasteiger partial charge in [-0.15, -0.1) is 0 Å². The smallest absolute Gasteiger partial charge is 0.242 e. The predicted molar refractivity (Wildman–Crippen MR) is 81.4 cm³/mol. The number of amides is 1. The Morgan fingerprint density at radius 3 is 2.45 bits per heavy atom. The van der Waals surface area contributed by atoms with Crippen molar-refractivity contribution in [3.63, 3.8) is 0 Å². The normalized spacial score (nSPS) is 16.9. The van der Waals surface area contributed by atoms with Crippen molar-refractivity contribution in [3.8, 4) is 0 Å². The van der Waals surface area contributed by atoms with Crippen LogP contribution < -0.4 is 5.32 Å². The summed E-state index contributed by atoms with van der Waals surface area (Å²) in [6.45, 7) is 8.49. The molecule has 1 aromatic carbocycles. The highest BCUT2D eigenvalue weighted by Gasteiger charge is 2.36. The van der Waals surface area contributed by atoms with Crippen LogP contribution in [0.2, 0.25) is 0 Å². The maximum atomic E-state index is 12.7. The van der Waals surface area contributed by atoms with Crippen LogP contribution in [0.25, 0.3) is 0 Å². The lowest BCUT2D eigenvalue weighted by Crippen LogP contribution is -2.60. The third-order valence-corrected chi connectivity index (χ3v) is 4.04. The fourth-order valence-electron chi connectivity index (χ4n) is 2.76. The summed E-state index contributed by atoms with van der Waals surface area (Å²) in [7, 11) is 1.89. The molecule has 0 atom stereocenters. The van der Waals surface area contributed by atoms with Gasteiger partial charge in [-0.2, -0.15) is 0 Å². The van der Waals surface area contributed by atoms with Gasteiger partial charge in [0.25, 0.3) is 0 Å². The molecule has 0 bridgehead atoms. The zero-order valence-corrected chi connectivity index (χ0v) is 12.7. The highest BCUT2D eigenvalue weighted by Crippen LogP contribution is 2.19. The Bertz CT molecular complexity index is 438. The van der Waals surface area contributed by atoms with Gasteiger partial charge < -0.3 is 10.2 Å². The molecule has 1 amide bonds. The standard InChI is InChI=1S/C16H25N3O/c1-16(2,19-11-9-17-10-12-19)15(20)18(3)13-14-7-5-4-6-8-14/h4-8,17H,9-13H2,1-3H3. The van der Waals surface area contributed by atoms with Gasteiger partial charge in [-0.3, -0.25) is 9.69 Å². The number of hydrogen-bond donors (Lipinski definition) is 1. The molecule has 4 nitrogen and oxygen atoms in total. The van der Waals surface area contributed by atoms with E-state index in [0.717, 1.165) is 26.2 Å². The number of carbonyl (C=O) groups is 1. The Labute approximate surface area is 121 Å². The first-order valence-electron chi connectivity index (χ1n) is 7.27. The number of nitrogens with one attached hydrogen (secondary N) is 1. The van der Waals surface area contributed by atoms with Crippen molar-refractivity contribution < 1.29 is 4.79 Å². The van der Waals surface area contributed by atoms with Crippen LogP contribution in [0, 0.1) is 0 Å². The number of rotatable bonds is 4. The lowest BCUT2D eigenvalue weighted by Gasteiger charge is -2.41. The third-order valence-electron chi connectivity index (χ3n) is 4.04. The first-order valence-corrected chi connectivity index (χ1v) is 7.27.